The van der Waals surface area contributed by atoms with Crippen LogP contribution >= 0.6 is 11.8 Å². The number of halogens is 7. The largest absolute Gasteiger partial charge is 0.446 e. The number of nitrogens with one attached hydrogen (secondary N) is 2. The number of hydrogen-bond donors (Lipinski definition) is 2. The van der Waals surface area contributed by atoms with Crippen molar-refractivity contribution in [1.29, 1.82) is 0 Å². The van der Waals surface area contributed by atoms with E-state index in [0.717, 1.165) is 23.4 Å². The minimum absolute atomic E-state index is 0.0752. The van der Waals surface area contributed by atoms with Crippen molar-refractivity contribution in [2.45, 2.75) is 29.5 Å². The zero-order valence-electron chi connectivity index (χ0n) is 16.1. The second-order valence-electron chi connectivity index (χ2n) is 6.16. The van der Waals surface area contributed by atoms with E-state index in [-0.39, 0.29) is 17.8 Å². The molecule has 176 valence electrons. The Morgan fingerprint density at radius 1 is 1.06 bits per heavy atom. The summed E-state index contributed by atoms with van der Waals surface area (Å²) in [6.07, 6.45) is -1.68. The lowest BCUT2D eigenvalue weighted by atomic mass is 10.3. The molecule has 9 nitrogen and oxygen atoms in total. The van der Waals surface area contributed by atoms with E-state index < -0.39 is 57.6 Å². The van der Waals surface area contributed by atoms with Gasteiger partial charge in [-0.15, -0.1) is 0 Å². The van der Waals surface area contributed by atoms with Gasteiger partial charge >= 0.3 is 17.7 Å². The van der Waals surface area contributed by atoms with Crippen LogP contribution in [0.15, 0.2) is 35.9 Å². The van der Waals surface area contributed by atoms with Crippen LogP contribution in [-0.4, -0.2) is 41.3 Å². The first-order valence-electron chi connectivity index (χ1n) is 8.62. The van der Waals surface area contributed by atoms with Gasteiger partial charge < -0.3 is 10.6 Å². The third-order valence-electron chi connectivity index (χ3n) is 3.74. The molecule has 2 N–H and O–H groups in total. The summed E-state index contributed by atoms with van der Waals surface area (Å²) in [7, 11) is 0. The first-order chi connectivity index (χ1) is 15.3. The molecule has 1 unspecified atom stereocenters. The maximum absolute atomic E-state index is 13.0. The SMILES string of the molecule is CC(NC(=O)Nc1cnc(C(F)(F)F)cc1SC(F)(F)F)c1ncnn1-c1ncc(F)cn1. The van der Waals surface area contributed by atoms with Crippen LogP contribution in [0.1, 0.15) is 24.5 Å². The van der Waals surface area contributed by atoms with Crippen LogP contribution < -0.4 is 10.6 Å². The summed E-state index contributed by atoms with van der Waals surface area (Å²) in [4.78, 5) is 25.8. The Hall–Kier alpha value is -3.50. The van der Waals surface area contributed by atoms with Gasteiger partial charge in [0.25, 0.3) is 5.95 Å². The van der Waals surface area contributed by atoms with Crippen molar-refractivity contribution in [3.8, 4) is 5.95 Å². The lowest BCUT2D eigenvalue weighted by Gasteiger charge is -2.17. The average molecular weight is 496 g/mol. The van der Waals surface area contributed by atoms with Crippen molar-refractivity contribution in [1.82, 2.24) is 35.0 Å². The van der Waals surface area contributed by atoms with E-state index in [0.29, 0.717) is 6.20 Å². The standard InChI is InChI=1S/C16H11F7N8OS/c1-7(12-27-6-28-31(12)13-25-3-8(17)4-26-13)29-14(32)30-9-5-24-11(15(18,19)20)2-10(9)33-16(21,22)23/h2-7H,1H3,(H2,29,30,32). The van der Waals surface area contributed by atoms with E-state index in [2.05, 4.69) is 30.4 Å². The molecule has 3 aromatic rings. The molecule has 2 amide bonds. The van der Waals surface area contributed by atoms with Crippen LogP contribution in [0, 0.1) is 5.82 Å². The summed E-state index contributed by atoms with van der Waals surface area (Å²) < 4.78 is 91.0. The first-order valence-corrected chi connectivity index (χ1v) is 9.43. The molecule has 1 atom stereocenters. The molecule has 0 aromatic carbocycles. The van der Waals surface area contributed by atoms with Crippen LogP contribution in [0.4, 0.5) is 41.2 Å². The summed E-state index contributed by atoms with van der Waals surface area (Å²) in [6, 6.07) is -1.82. The van der Waals surface area contributed by atoms with E-state index in [4.69, 9.17) is 0 Å². The van der Waals surface area contributed by atoms with E-state index >= 15 is 0 Å². The third-order valence-corrected chi connectivity index (χ3v) is 4.52. The fourth-order valence-corrected chi connectivity index (χ4v) is 3.06. The Kier molecular flexibility index (Phi) is 6.71. The first kappa shape index (κ1) is 24.1. The number of hydrogen-bond acceptors (Lipinski definition) is 7. The lowest BCUT2D eigenvalue weighted by molar-refractivity contribution is -0.141. The summed E-state index contributed by atoms with van der Waals surface area (Å²) in [6.45, 7) is 1.43. The molecule has 3 aromatic heterocycles. The second kappa shape index (κ2) is 9.16. The molecule has 0 aliphatic heterocycles. The average Bonchev–Trinajstić information content (AvgIpc) is 3.18. The minimum Gasteiger partial charge on any atom is -0.328 e. The molecule has 33 heavy (non-hydrogen) atoms. The van der Waals surface area contributed by atoms with E-state index in [9.17, 15) is 35.5 Å². The predicted molar refractivity (Wildman–Crippen MR) is 98.6 cm³/mol. The van der Waals surface area contributed by atoms with Crippen LogP contribution in [-0.2, 0) is 6.18 Å². The lowest BCUT2D eigenvalue weighted by Crippen LogP contribution is -2.33. The van der Waals surface area contributed by atoms with Crippen molar-refractivity contribution in [3.63, 3.8) is 0 Å². The summed E-state index contributed by atoms with van der Waals surface area (Å²) in [5, 5.41) is 8.23. The Morgan fingerprint density at radius 2 is 1.73 bits per heavy atom. The number of alkyl halides is 6. The van der Waals surface area contributed by atoms with Crippen LogP contribution in [0.3, 0.4) is 0 Å². The highest BCUT2D eigenvalue weighted by atomic mass is 32.2. The quantitative estimate of drug-likeness (QED) is 0.404. The molecule has 3 rings (SSSR count). The zero-order chi connectivity index (χ0) is 24.4. The van der Waals surface area contributed by atoms with Gasteiger partial charge in [0.2, 0.25) is 0 Å². The highest BCUT2D eigenvalue weighted by Gasteiger charge is 2.36. The van der Waals surface area contributed by atoms with Crippen molar-refractivity contribution in [2.75, 3.05) is 5.32 Å². The molecule has 0 fully saturated rings. The van der Waals surface area contributed by atoms with E-state index in [1.54, 1.807) is 0 Å². The molecule has 0 bridgehead atoms. The van der Waals surface area contributed by atoms with Crippen molar-refractivity contribution < 1.29 is 35.5 Å². The number of amides is 2. The van der Waals surface area contributed by atoms with Crippen molar-refractivity contribution >= 4 is 23.5 Å². The van der Waals surface area contributed by atoms with Crippen LogP contribution in [0.2, 0.25) is 0 Å². The number of pyridine rings is 1. The number of carbonyl (C=O) groups is 1. The molecular formula is C16H11F7N8OS. The number of nitrogens with zero attached hydrogens (tertiary/aromatic N) is 6. The molecular weight excluding hydrogens is 485 g/mol. The van der Waals surface area contributed by atoms with Gasteiger partial charge in [-0.2, -0.15) is 36.1 Å². The highest BCUT2D eigenvalue weighted by Crippen LogP contribution is 2.42. The fourth-order valence-electron chi connectivity index (χ4n) is 2.43. The maximum Gasteiger partial charge on any atom is 0.446 e. The van der Waals surface area contributed by atoms with Gasteiger partial charge in [0.1, 0.15) is 12.0 Å². The third kappa shape index (κ3) is 6.27. The number of rotatable bonds is 5. The van der Waals surface area contributed by atoms with E-state index in [1.807, 2.05) is 5.32 Å². The number of anilines is 1. The number of aromatic nitrogens is 6. The predicted octanol–water partition coefficient (Wildman–Crippen LogP) is 4.10. The molecule has 0 saturated carbocycles. The Balaban J connectivity index is 1.78. The summed E-state index contributed by atoms with van der Waals surface area (Å²) in [5.74, 6) is -0.704. The summed E-state index contributed by atoms with van der Waals surface area (Å²) in [5.41, 5.74) is -7.07. The van der Waals surface area contributed by atoms with Gasteiger partial charge in [0.05, 0.1) is 30.3 Å². The molecule has 0 aliphatic rings. The normalized spacial score (nSPS) is 13.0. The van der Waals surface area contributed by atoms with Gasteiger partial charge in [-0.05, 0) is 24.8 Å². The Labute approximate surface area is 183 Å². The zero-order valence-corrected chi connectivity index (χ0v) is 16.9. The molecule has 3 heterocycles. The van der Waals surface area contributed by atoms with Gasteiger partial charge in [-0.3, -0.25) is 0 Å². The molecule has 17 heteroatoms. The molecule has 0 aliphatic carbocycles. The number of urea groups is 1. The Morgan fingerprint density at radius 3 is 2.33 bits per heavy atom. The number of thioether (sulfide) groups is 1. The monoisotopic (exact) mass is 496 g/mol. The molecule has 0 saturated heterocycles. The Bertz CT molecular complexity index is 1130. The second-order valence-corrected chi connectivity index (χ2v) is 7.27. The minimum atomic E-state index is -4.98. The fraction of sp³-hybridized carbons (Fsp3) is 0.250. The van der Waals surface area contributed by atoms with Crippen LogP contribution in [0.25, 0.3) is 5.95 Å². The molecule has 0 spiro atoms. The summed E-state index contributed by atoms with van der Waals surface area (Å²) >= 11 is -0.839. The van der Waals surface area contributed by atoms with Crippen LogP contribution in [0.5, 0.6) is 0 Å². The maximum atomic E-state index is 13.0. The van der Waals surface area contributed by atoms with Crippen molar-refractivity contribution in [3.05, 3.63) is 48.3 Å². The van der Waals surface area contributed by atoms with Gasteiger partial charge in [-0.25, -0.2) is 29.1 Å². The molecule has 0 radical (unpaired) electrons. The van der Waals surface area contributed by atoms with Gasteiger partial charge in [0, 0.05) is 4.90 Å². The highest BCUT2D eigenvalue weighted by molar-refractivity contribution is 8.00. The van der Waals surface area contributed by atoms with E-state index in [1.165, 1.54) is 6.92 Å². The topological polar surface area (TPSA) is 111 Å². The van der Waals surface area contributed by atoms with Crippen molar-refractivity contribution in [2.24, 2.45) is 0 Å². The smallest absolute Gasteiger partial charge is 0.328 e. The van der Waals surface area contributed by atoms with Gasteiger partial charge in [0.15, 0.2) is 11.6 Å². The van der Waals surface area contributed by atoms with Gasteiger partial charge in [-0.1, -0.05) is 0 Å². The number of carbonyl (C=O) groups excluding carboxylic acids is 1.